The molecule has 20 heavy (non-hydrogen) atoms. The van der Waals surface area contributed by atoms with Crippen molar-refractivity contribution in [3.8, 4) is 0 Å². The summed E-state index contributed by atoms with van der Waals surface area (Å²) in [7, 11) is 1.77. The number of likely N-dealkylation sites (N-methyl/N-ethyl adjacent to an activating group) is 1. The molecule has 1 amide bonds. The van der Waals surface area contributed by atoms with Gasteiger partial charge in [-0.15, -0.1) is 0 Å². The summed E-state index contributed by atoms with van der Waals surface area (Å²) < 4.78 is 0. The Bertz CT molecular complexity index is 490. The summed E-state index contributed by atoms with van der Waals surface area (Å²) in [6.07, 6.45) is 4.00. The molecule has 5 nitrogen and oxygen atoms in total. The minimum atomic E-state index is -0.418. The first kappa shape index (κ1) is 14.9. The molecule has 0 bridgehead atoms. The Labute approximate surface area is 120 Å². The second kappa shape index (κ2) is 6.31. The fourth-order valence-electron chi connectivity index (χ4n) is 2.84. The van der Waals surface area contributed by atoms with E-state index in [0.29, 0.717) is 12.0 Å². The lowest BCUT2D eigenvalue weighted by Gasteiger charge is -2.35. The van der Waals surface area contributed by atoms with Gasteiger partial charge in [0.2, 0.25) is 0 Å². The SMILES string of the molecule is CCc1nnc(C)cc1C(=O)N(C)C1CCCCC1O. The maximum Gasteiger partial charge on any atom is 0.255 e. The lowest BCUT2D eigenvalue weighted by atomic mass is 9.91. The van der Waals surface area contributed by atoms with E-state index in [2.05, 4.69) is 10.2 Å². The van der Waals surface area contributed by atoms with Crippen molar-refractivity contribution < 1.29 is 9.90 Å². The molecule has 2 unspecified atom stereocenters. The molecule has 2 rings (SSSR count). The maximum absolute atomic E-state index is 12.7. The number of hydrogen-bond donors (Lipinski definition) is 1. The molecular weight excluding hydrogens is 254 g/mol. The maximum atomic E-state index is 12.7. The van der Waals surface area contributed by atoms with E-state index in [1.165, 1.54) is 0 Å². The van der Waals surface area contributed by atoms with Gasteiger partial charge in [-0.05, 0) is 32.3 Å². The van der Waals surface area contributed by atoms with Crippen LogP contribution in [-0.2, 0) is 6.42 Å². The highest BCUT2D eigenvalue weighted by Crippen LogP contribution is 2.24. The Morgan fingerprint density at radius 3 is 2.75 bits per heavy atom. The van der Waals surface area contributed by atoms with Crippen molar-refractivity contribution in [2.45, 2.75) is 58.1 Å². The van der Waals surface area contributed by atoms with Crippen molar-refractivity contribution in [3.63, 3.8) is 0 Å². The normalized spacial score (nSPS) is 22.6. The third-order valence-electron chi connectivity index (χ3n) is 4.07. The van der Waals surface area contributed by atoms with Gasteiger partial charge in [0.1, 0.15) is 0 Å². The minimum absolute atomic E-state index is 0.0641. The number of nitrogens with zero attached hydrogens (tertiary/aromatic N) is 3. The Hall–Kier alpha value is -1.49. The molecule has 1 fully saturated rings. The first-order valence-corrected chi connectivity index (χ1v) is 7.33. The zero-order valence-electron chi connectivity index (χ0n) is 12.5. The summed E-state index contributed by atoms with van der Waals surface area (Å²) in [6.45, 7) is 3.80. The molecule has 1 aliphatic carbocycles. The minimum Gasteiger partial charge on any atom is -0.391 e. The molecule has 0 spiro atoms. The number of rotatable bonds is 3. The van der Waals surface area contributed by atoms with Crippen molar-refractivity contribution in [1.82, 2.24) is 15.1 Å². The van der Waals surface area contributed by atoms with Crippen LogP contribution in [0.15, 0.2) is 6.07 Å². The number of amides is 1. The zero-order valence-corrected chi connectivity index (χ0v) is 12.5. The first-order valence-electron chi connectivity index (χ1n) is 7.33. The van der Waals surface area contributed by atoms with E-state index in [9.17, 15) is 9.90 Å². The third-order valence-corrected chi connectivity index (χ3v) is 4.07. The second-order valence-electron chi connectivity index (χ2n) is 5.53. The van der Waals surface area contributed by atoms with E-state index >= 15 is 0 Å². The Balaban J connectivity index is 2.23. The quantitative estimate of drug-likeness (QED) is 0.913. The van der Waals surface area contributed by atoms with Crippen molar-refractivity contribution in [2.75, 3.05) is 7.05 Å². The summed E-state index contributed by atoms with van der Waals surface area (Å²) in [5.74, 6) is -0.0641. The molecule has 1 heterocycles. The molecule has 110 valence electrons. The molecule has 1 saturated carbocycles. The highest BCUT2D eigenvalue weighted by molar-refractivity contribution is 5.95. The van der Waals surface area contributed by atoms with Crippen LogP contribution in [0, 0.1) is 6.92 Å². The predicted molar refractivity (Wildman–Crippen MR) is 76.5 cm³/mol. The van der Waals surface area contributed by atoms with Crippen LogP contribution in [0.25, 0.3) is 0 Å². The van der Waals surface area contributed by atoms with E-state index in [1.54, 1.807) is 18.0 Å². The lowest BCUT2D eigenvalue weighted by Crippen LogP contribution is -2.46. The van der Waals surface area contributed by atoms with Crippen molar-refractivity contribution in [1.29, 1.82) is 0 Å². The average Bonchev–Trinajstić information content (AvgIpc) is 2.46. The van der Waals surface area contributed by atoms with Crippen LogP contribution in [0.2, 0.25) is 0 Å². The number of hydrogen-bond acceptors (Lipinski definition) is 4. The molecule has 5 heteroatoms. The van der Waals surface area contributed by atoms with Gasteiger partial charge in [-0.3, -0.25) is 4.79 Å². The van der Waals surface area contributed by atoms with Gasteiger partial charge in [-0.2, -0.15) is 10.2 Å². The van der Waals surface area contributed by atoms with E-state index in [1.807, 2.05) is 13.8 Å². The van der Waals surface area contributed by atoms with Gasteiger partial charge in [0, 0.05) is 7.05 Å². The second-order valence-corrected chi connectivity index (χ2v) is 5.53. The van der Waals surface area contributed by atoms with Crippen LogP contribution in [0.5, 0.6) is 0 Å². The standard InChI is InChI=1S/C15H23N3O2/c1-4-12-11(9-10(2)16-17-12)15(20)18(3)13-7-5-6-8-14(13)19/h9,13-14,19H,4-8H2,1-3H3. The van der Waals surface area contributed by atoms with E-state index in [0.717, 1.165) is 37.1 Å². The molecule has 0 aromatic carbocycles. The average molecular weight is 277 g/mol. The summed E-state index contributed by atoms with van der Waals surface area (Å²) >= 11 is 0. The van der Waals surface area contributed by atoms with Gasteiger partial charge in [-0.1, -0.05) is 19.8 Å². The zero-order chi connectivity index (χ0) is 14.7. The fourth-order valence-corrected chi connectivity index (χ4v) is 2.84. The Kier molecular flexibility index (Phi) is 4.70. The monoisotopic (exact) mass is 277 g/mol. The molecule has 2 atom stereocenters. The van der Waals surface area contributed by atoms with Gasteiger partial charge in [0.25, 0.3) is 5.91 Å². The molecule has 0 aliphatic heterocycles. The van der Waals surface area contributed by atoms with Crippen LogP contribution in [0.1, 0.15) is 54.4 Å². The molecule has 0 saturated heterocycles. The number of aliphatic hydroxyl groups excluding tert-OH is 1. The predicted octanol–water partition coefficient (Wildman–Crippen LogP) is 1.72. The van der Waals surface area contributed by atoms with E-state index < -0.39 is 6.10 Å². The van der Waals surface area contributed by atoms with Crippen LogP contribution >= 0.6 is 0 Å². The van der Waals surface area contributed by atoms with Crippen LogP contribution in [0.4, 0.5) is 0 Å². The van der Waals surface area contributed by atoms with Crippen molar-refractivity contribution >= 4 is 5.91 Å². The Morgan fingerprint density at radius 2 is 2.10 bits per heavy atom. The third kappa shape index (κ3) is 2.98. The Morgan fingerprint density at radius 1 is 1.40 bits per heavy atom. The van der Waals surface area contributed by atoms with Crippen LogP contribution < -0.4 is 0 Å². The molecular formula is C15H23N3O2. The summed E-state index contributed by atoms with van der Waals surface area (Å²) in [4.78, 5) is 14.3. The van der Waals surface area contributed by atoms with E-state index in [-0.39, 0.29) is 11.9 Å². The highest BCUT2D eigenvalue weighted by atomic mass is 16.3. The van der Waals surface area contributed by atoms with Crippen LogP contribution in [0.3, 0.4) is 0 Å². The number of aryl methyl sites for hydroxylation is 2. The molecule has 1 N–H and O–H groups in total. The molecule has 1 aliphatic rings. The van der Waals surface area contributed by atoms with Gasteiger partial charge in [-0.25, -0.2) is 0 Å². The molecule has 0 radical (unpaired) electrons. The summed E-state index contributed by atoms with van der Waals surface area (Å²) in [6, 6.07) is 1.70. The smallest absolute Gasteiger partial charge is 0.255 e. The van der Waals surface area contributed by atoms with E-state index in [4.69, 9.17) is 0 Å². The first-order chi connectivity index (χ1) is 9.54. The fraction of sp³-hybridized carbons (Fsp3) is 0.667. The highest BCUT2D eigenvalue weighted by Gasteiger charge is 2.30. The van der Waals surface area contributed by atoms with Crippen molar-refractivity contribution in [2.24, 2.45) is 0 Å². The van der Waals surface area contributed by atoms with Crippen molar-refractivity contribution in [3.05, 3.63) is 23.0 Å². The number of carbonyl (C=O) groups excluding carboxylic acids is 1. The van der Waals surface area contributed by atoms with Gasteiger partial charge in [0.05, 0.1) is 29.1 Å². The topological polar surface area (TPSA) is 66.3 Å². The van der Waals surface area contributed by atoms with Gasteiger partial charge in [0.15, 0.2) is 0 Å². The van der Waals surface area contributed by atoms with Gasteiger partial charge < -0.3 is 10.0 Å². The summed E-state index contributed by atoms with van der Waals surface area (Å²) in [5.41, 5.74) is 2.07. The number of carbonyl (C=O) groups is 1. The number of aromatic nitrogens is 2. The number of aliphatic hydroxyl groups is 1. The van der Waals surface area contributed by atoms with Crippen LogP contribution in [-0.4, -0.2) is 45.3 Å². The summed E-state index contributed by atoms with van der Waals surface area (Å²) in [5, 5.41) is 18.2. The molecule has 1 aromatic heterocycles. The largest absolute Gasteiger partial charge is 0.391 e. The molecule has 1 aromatic rings. The lowest BCUT2D eigenvalue weighted by molar-refractivity contribution is 0.0267. The van der Waals surface area contributed by atoms with Gasteiger partial charge >= 0.3 is 0 Å².